The zero-order chi connectivity index (χ0) is 13.4. The Morgan fingerprint density at radius 3 is 2.68 bits per heavy atom. The van der Waals surface area contributed by atoms with Crippen molar-refractivity contribution >= 4 is 28.8 Å². The largest absolute Gasteiger partial charge is 0.389 e. The molecule has 0 unspecified atom stereocenters. The number of nitrogens with zero attached hydrogens (tertiary/aromatic N) is 2. The predicted octanol–water partition coefficient (Wildman–Crippen LogP) is 2.28. The number of aromatic nitrogens is 1. The van der Waals surface area contributed by atoms with E-state index in [-0.39, 0.29) is 5.91 Å². The Balaban J connectivity index is 1.79. The zero-order valence-corrected chi connectivity index (χ0v) is 11.5. The molecular weight excluding hydrogens is 284 g/mol. The molecular formula is C13H11ClN2O2S. The summed E-state index contributed by atoms with van der Waals surface area (Å²) in [6, 6.07) is 7.35. The summed E-state index contributed by atoms with van der Waals surface area (Å²) in [6.45, 7) is 0.791. The Morgan fingerprint density at radius 2 is 2.05 bits per heavy atom. The van der Waals surface area contributed by atoms with Gasteiger partial charge in [0.1, 0.15) is 10.7 Å². The molecule has 0 saturated carbocycles. The van der Waals surface area contributed by atoms with Gasteiger partial charge in [0, 0.05) is 29.1 Å². The van der Waals surface area contributed by atoms with Gasteiger partial charge in [0.05, 0.1) is 6.10 Å². The molecule has 98 valence electrons. The van der Waals surface area contributed by atoms with Crippen LogP contribution in [0.4, 0.5) is 0 Å². The highest BCUT2D eigenvalue weighted by Gasteiger charge is 2.30. The molecule has 2 heterocycles. The topological polar surface area (TPSA) is 53.4 Å². The van der Waals surface area contributed by atoms with E-state index in [2.05, 4.69) is 4.98 Å². The molecule has 0 spiro atoms. The molecule has 0 radical (unpaired) electrons. The number of benzene rings is 1. The maximum atomic E-state index is 12.0. The lowest BCUT2D eigenvalue weighted by Crippen LogP contribution is -2.53. The summed E-state index contributed by atoms with van der Waals surface area (Å²) in [7, 11) is 0. The molecule has 1 aliphatic rings. The van der Waals surface area contributed by atoms with E-state index in [1.165, 1.54) is 11.3 Å². The van der Waals surface area contributed by atoms with Gasteiger partial charge < -0.3 is 10.0 Å². The molecule has 6 heteroatoms. The molecule has 2 aromatic rings. The molecule has 1 amide bonds. The van der Waals surface area contributed by atoms with Gasteiger partial charge in [-0.15, -0.1) is 11.3 Å². The average Bonchev–Trinajstić information content (AvgIpc) is 2.85. The quantitative estimate of drug-likeness (QED) is 0.924. The van der Waals surface area contributed by atoms with Crippen LogP contribution in [0.15, 0.2) is 29.6 Å². The van der Waals surface area contributed by atoms with Crippen LogP contribution in [0, 0.1) is 0 Å². The van der Waals surface area contributed by atoms with Gasteiger partial charge in [-0.2, -0.15) is 0 Å². The van der Waals surface area contributed by atoms with E-state index in [1.807, 2.05) is 12.1 Å². The highest BCUT2D eigenvalue weighted by molar-refractivity contribution is 7.13. The standard InChI is InChI=1S/C13H11ClN2O2S/c14-9-3-1-8(2-4-9)12-15-11(7-19-12)13(18)16-5-10(17)6-16/h1-4,7,10,17H,5-6H2. The number of rotatable bonds is 2. The van der Waals surface area contributed by atoms with Crippen LogP contribution >= 0.6 is 22.9 Å². The number of carbonyl (C=O) groups excluding carboxylic acids is 1. The third-order valence-electron chi connectivity index (χ3n) is 2.96. The van der Waals surface area contributed by atoms with Gasteiger partial charge in [-0.05, 0) is 12.1 Å². The second-order valence-corrected chi connectivity index (χ2v) is 5.70. The molecule has 0 bridgehead atoms. The number of amides is 1. The number of β-amino-alcohol motifs (C(OH)–C–C–N with tert-alkyl or cyclic N) is 1. The number of aliphatic hydroxyl groups excluding tert-OH is 1. The van der Waals surface area contributed by atoms with Crippen LogP contribution in [0.25, 0.3) is 10.6 Å². The maximum absolute atomic E-state index is 12.0. The molecule has 3 rings (SSSR count). The van der Waals surface area contributed by atoms with Gasteiger partial charge in [0.25, 0.3) is 5.91 Å². The first-order valence-corrected chi connectivity index (χ1v) is 7.08. The minimum atomic E-state index is -0.390. The van der Waals surface area contributed by atoms with Crippen molar-refractivity contribution in [2.75, 3.05) is 13.1 Å². The van der Waals surface area contributed by atoms with Crippen molar-refractivity contribution < 1.29 is 9.90 Å². The van der Waals surface area contributed by atoms with Crippen molar-refractivity contribution in [3.05, 3.63) is 40.4 Å². The Morgan fingerprint density at radius 1 is 1.37 bits per heavy atom. The fraction of sp³-hybridized carbons (Fsp3) is 0.231. The Labute approximate surface area is 119 Å². The number of aliphatic hydroxyl groups is 1. The summed E-state index contributed by atoms with van der Waals surface area (Å²) in [6.07, 6.45) is -0.390. The Bertz CT molecular complexity index is 605. The van der Waals surface area contributed by atoms with E-state index in [4.69, 9.17) is 11.6 Å². The van der Waals surface area contributed by atoms with E-state index in [9.17, 15) is 9.90 Å². The minimum Gasteiger partial charge on any atom is -0.389 e. The average molecular weight is 295 g/mol. The van der Waals surface area contributed by atoms with E-state index >= 15 is 0 Å². The highest BCUT2D eigenvalue weighted by atomic mass is 35.5. The molecule has 1 aromatic carbocycles. The predicted molar refractivity (Wildman–Crippen MR) is 74.5 cm³/mol. The van der Waals surface area contributed by atoms with Gasteiger partial charge in [-0.1, -0.05) is 23.7 Å². The van der Waals surface area contributed by atoms with Crippen molar-refractivity contribution in [3.8, 4) is 10.6 Å². The van der Waals surface area contributed by atoms with Gasteiger partial charge in [0.15, 0.2) is 0 Å². The van der Waals surface area contributed by atoms with Gasteiger partial charge in [-0.25, -0.2) is 4.98 Å². The number of hydrogen-bond acceptors (Lipinski definition) is 4. The summed E-state index contributed by atoms with van der Waals surface area (Å²) in [4.78, 5) is 17.9. The van der Waals surface area contributed by atoms with E-state index in [0.717, 1.165) is 10.6 Å². The molecule has 1 aromatic heterocycles. The number of thiazole rings is 1. The van der Waals surface area contributed by atoms with Crippen LogP contribution < -0.4 is 0 Å². The fourth-order valence-corrected chi connectivity index (χ4v) is 2.81. The first kappa shape index (κ1) is 12.6. The third-order valence-corrected chi connectivity index (χ3v) is 4.11. The van der Waals surface area contributed by atoms with Gasteiger partial charge >= 0.3 is 0 Å². The normalized spacial score (nSPS) is 15.4. The van der Waals surface area contributed by atoms with Crippen molar-refractivity contribution in [1.29, 1.82) is 0 Å². The lowest BCUT2D eigenvalue weighted by molar-refractivity contribution is 0.00556. The van der Waals surface area contributed by atoms with E-state index in [1.54, 1.807) is 22.4 Å². The zero-order valence-electron chi connectivity index (χ0n) is 9.91. The van der Waals surface area contributed by atoms with Crippen molar-refractivity contribution in [2.45, 2.75) is 6.10 Å². The Hall–Kier alpha value is -1.43. The molecule has 1 aliphatic heterocycles. The van der Waals surface area contributed by atoms with Gasteiger partial charge in [-0.3, -0.25) is 4.79 Å². The third kappa shape index (κ3) is 2.49. The van der Waals surface area contributed by atoms with E-state index < -0.39 is 6.10 Å². The van der Waals surface area contributed by atoms with Gasteiger partial charge in [0.2, 0.25) is 0 Å². The molecule has 4 nitrogen and oxygen atoms in total. The molecule has 0 aliphatic carbocycles. The maximum Gasteiger partial charge on any atom is 0.273 e. The van der Waals surface area contributed by atoms with Crippen LogP contribution in [0.1, 0.15) is 10.5 Å². The second-order valence-electron chi connectivity index (χ2n) is 4.41. The first-order valence-electron chi connectivity index (χ1n) is 5.82. The minimum absolute atomic E-state index is 0.123. The number of carbonyl (C=O) groups is 1. The van der Waals surface area contributed by atoms with Crippen molar-refractivity contribution in [3.63, 3.8) is 0 Å². The summed E-state index contributed by atoms with van der Waals surface area (Å²) in [5.74, 6) is -0.123. The lowest BCUT2D eigenvalue weighted by Gasteiger charge is -2.35. The molecule has 1 N–H and O–H groups in total. The summed E-state index contributed by atoms with van der Waals surface area (Å²) < 4.78 is 0. The van der Waals surface area contributed by atoms with Crippen LogP contribution in [0.2, 0.25) is 5.02 Å². The van der Waals surface area contributed by atoms with Crippen LogP contribution in [0.3, 0.4) is 0 Å². The number of hydrogen-bond donors (Lipinski definition) is 1. The lowest BCUT2D eigenvalue weighted by atomic mass is 10.1. The Kier molecular flexibility index (Phi) is 3.26. The highest BCUT2D eigenvalue weighted by Crippen LogP contribution is 2.26. The fourth-order valence-electron chi connectivity index (χ4n) is 1.88. The first-order chi connectivity index (χ1) is 9.13. The molecule has 1 fully saturated rings. The molecule has 1 saturated heterocycles. The number of likely N-dealkylation sites (tertiary alicyclic amines) is 1. The van der Waals surface area contributed by atoms with Crippen LogP contribution in [0.5, 0.6) is 0 Å². The van der Waals surface area contributed by atoms with Crippen molar-refractivity contribution in [1.82, 2.24) is 9.88 Å². The summed E-state index contributed by atoms with van der Waals surface area (Å²) in [5.41, 5.74) is 1.37. The monoisotopic (exact) mass is 294 g/mol. The smallest absolute Gasteiger partial charge is 0.273 e. The SMILES string of the molecule is O=C(c1csc(-c2ccc(Cl)cc2)n1)N1CC(O)C1. The molecule has 0 atom stereocenters. The number of halogens is 1. The van der Waals surface area contributed by atoms with Crippen LogP contribution in [-0.4, -0.2) is 40.1 Å². The summed E-state index contributed by atoms with van der Waals surface area (Å²) in [5, 5.41) is 12.4. The van der Waals surface area contributed by atoms with E-state index in [0.29, 0.717) is 23.8 Å². The van der Waals surface area contributed by atoms with Crippen molar-refractivity contribution in [2.24, 2.45) is 0 Å². The summed E-state index contributed by atoms with van der Waals surface area (Å²) >= 11 is 7.26. The molecule has 19 heavy (non-hydrogen) atoms. The second kappa shape index (κ2) is 4.92. The van der Waals surface area contributed by atoms with Crippen LogP contribution in [-0.2, 0) is 0 Å².